The monoisotopic (exact) mass is 584 g/mol. The smallest absolute Gasteiger partial charge is 0.429 e. The summed E-state index contributed by atoms with van der Waals surface area (Å²) in [7, 11) is 3.92. The average molecular weight is 585 g/mol. The number of anilines is 2. The lowest BCUT2D eigenvalue weighted by molar-refractivity contribution is -0.198. The van der Waals surface area contributed by atoms with E-state index >= 15 is 0 Å². The van der Waals surface area contributed by atoms with E-state index in [0.29, 0.717) is 38.4 Å². The van der Waals surface area contributed by atoms with E-state index in [4.69, 9.17) is 10.5 Å². The van der Waals surface area contributed by atoms with Crippen LogP contribution in [-0.2, 0) is 11.3 Å². The topological polar surface area (TPSA) is 117 Å². The third-order valence-corrected chi connectivity index (χ3v) is 8.08. The molecule has 3 heterocycles. The molecule has 1 aromatic heterocycles. The maximum atomic E-state index is 14.3. The molecule has 0 saturated carbocycles. The number of nitrogen functional groups attached to an aromatic ring is 1. The summed E-state index contributed by atoms with van der Waals surface area (Å²) in [6, 6.07) is 14.8. The molecule has 12 heteroatoms. The van der Waals surface area contributed by atoms with Crippen LogP contribution in [0.2, 0.25) is 0 Å². The fourth-order valence-electron chi connectivity index (χ4n) is 5.90. The Balaban J connectivity index is 1.33. The number of piperidine rings is 1. The van der Waals surface area contributed by atoms with Crippen LogP contribution in [-0.4, -0.2) is 71.9 Å². The molecule has 2 fully saturated rings. The number of carboxylic acids is 1. The van der Waals surface area contributed by atoms with Crippen LogP contribution >= 0.6 is 0 Å². The Morgan fingerprint density at radius 2 is 1.86 bits per heavy atom. The second-order valence-electron chi connectivity index (χ2n) is 11.4. The van der Waals surface area contributed by atoms with Gasteiger partial charge in [0.05, 0.1) is 0 Å². The first kappa shape index (κ1) is 29.6. The van der Waals surface area contributed by atoms with Gasteiger partial charge in [0.15, 0.2) is 0 Å². The van der Waals surface area contributed by atoms with Gasteiger partial charge in [-0.3, -0.25) is 4.79 Å². The molecular weight excluding hydrogens is 549 g/mol. The van der Waals surface area contributed by atoms with Crippen molar-refractivity contribution in [2.45, 2.75) is 44.1 Å². The fourth-order valence-corrected chi connectivity index (χ4v) is 5.90. The molecule has 5 rings (SSSR count). The summed E-state index contributed by atoms with van der Waals surface area (Å²) in [5.41, 5.74) is 8.54. The quantitative estimate of drug-likeness (QED) is 0.352. The van der Waals surface area contributed by atoms with Crippen molar-refractivity contribution in [2.75, 3.05) is 44.4 Å². The van der Waals surface area contributed by atoms with Crippen molar-refractivity contribution < 1.29 is 27.8 Å². The Kier molecular flexibility index (Phi) is 8.29. The largest absolute Gasteiger partial charge is 0.480 e. The highest BCUT2D eigenvalue weighted by atomic mass is 19.4. The van der Waals surface area contributed by atoms with Crippen LogP contribution in [0.25, 0.3) is 11.1 Å². The number of carbonyl (C=O) groups is 1. The van der Waals surface area contributed by atoms with Crippen LogP contribution < -0.4 is 20.7 Å². The highest BCUT2D eigenvalue weighted by molar-refractivity contribution is 5.74. The number of aromatic nitrogens is 2. The van der Waals surface area contributed by atoms with Gasteiger partial charge in [0.1, 0.15) is 11.9 Å². The number of aliphatic carboxylic acids is 1. The summed E-state index contributed by atoms with van der Waals surface area (Å²) in [5, 5.41) is 12.4. The lowest BCUT2D eigenvalue weighted by atomic mass is 9.76. The van der Waals surface area contributed by atoms with E-state index in [9.17, 15) is 23.1 Å². The van der Waals surface area contributed by atoms with E-state index in [1.165, 1.54) is 18.2 Å². The van der Waals surface area contributed by atoms with Crippen molar-refractivity contribution in [1.82, 2.24) is 20.2 Å². The lowest BCUT2D eigenvalue weighted by Gasteiger charge is -2.39. The molecule has 0 bridgehead atoms. The van der Waals surface area contributed by atoms with Crippen LogP contribution in [0.4, 0.5) is 24.9 Å². The van der Waals surface area contributed by atoms with Crippen LogP contribution in [0.15, 0.2) is 54.6 Å². The molecule has 42 heavy (non-hydrogen) atoms. The zero-order valence-electron chi connectivity index (χ0n) is 23.6. The molecular formula is C30H35F3N6O3. The molecule has 2 atom stereocenters. The molecule has 2 aliphatic heterocycles. The molecule has 2 aromatic carbocycles. The summed E-state index contributed by atoms with van der Waals surface area (Å²) in [4.78, 5) is 23.5. The van der Waals surface area contributed by atoms with Crippen molar-refractivity contribution >= 4 is 17.7 Å². The standard InChI is InChI=1S/C30H35F3N6O3/c1-38(2)17-21-5-3-4-6-22(21)19-7-9-20(10-8-19)26(30(31,32)33)42-25-15-24(36-28(34)37-25)39-13-11-29(12-14-39)16-23(27(40)41)35-18-29/h3-10,15,23,26,35H,11-14,16-18H2,1-2H3,(H,40,41)(H2,34,36,37)/t23?,26-/m1/s1. The predicted octanol–water partition coefficient (Wildman–Crippen LogP) is 4.50. The Hall–Kier alpha value is -3.90. The van der Waals surface area contributed by atoms with Crippen LogP contribution in [0, 0.1) is 5.41 Å². The van der Waals surface area contributed by atoms with Gasteiger partial charge in [-0.25, -0.2) is 0 Å². The number of carboxylic acid groups (broad SMARTS) is 1. The molecule has 224 valence electrons. The average Bonchev–Trinajstić information content (AvgIpc) is 3.35. The number of nitrogens with two attached hydrogens (primary N) is 1. The third-order valence-electron chi connectivity index (χ3n) is 8.08. The summed E-state index contributed by atoms with van der Waals surface area (Å²) in [6.07, 6.45) is -4.98. The van der Waals surface area contributed by atoms with Crippen molar-refractivity contribution in [3.8, 4) is 17.0 Å². The highest BCUT2D eigenvalue weighted by Crippen LogP contribution is 2.41. The first-order valence-electron chi connectivity index (χ1n) is 13.8. The third kappa shape index (κ3) is 6.60. The van der Waals surface area contributed by atoms with Crippen LogP contribution in [0.5, 0.6) is 5.88 Å². The van der Waals surface area contributed by atoms with E-state index in [-0.39, 0.29) is 22.8 Å². The van der Waals surface area contributed by atoms with Gasteiger partial charge in [0, 0.05) is 37.8 Å². The number of hydrogen-bond acceptors (Lipinski definition) is 8. The van der Waals surface area contributed by atoms with Gasteiger partial charge in [-0.05, 0) is 55.5 Å². The minimum Gasteiger partial charge on any atom is -0.480 e. The Morgan fingerprint density at radius 3 is 2.48 bits per heavy atom. The van der Waals surface area contributed by atoms with Crippen molar-refractivity contribution in [3.05, 3.63) is 65.7 Å². The normalized spacial score (nSPS) is 19.3. The first-order valence-corrected chi connectivity index (χ1v) is 13.8. The van der Waals surface area contributed by atoms with E-state index in [1.807, 2.05) is 48.2 Å². The molecule has 2 saturated heterocycles. The van der Waals surface area contributed by atoms with Gasteiger partial charge in [-0.15, -0.1) is 0 Å². The predicted molar refractivity (Wildman–Crippen MR) is 153 cm³/mol. The maximum Gasteiger partial charge on any atom is 0.429 e. The number of nitrogens with zero attached hydrogens (tertiary/aromatic N) is 4. The maximum absolute atomic E-state index is 14.3. The molecule has 0 radical (unpaired) electrons. The van der Waals surface area contributed by atoms with Gasteiger partial charge in [0.25, 0.3) is 0 Å². The number of alkyl halides is 3. The number of rotatable bonds is 8. The SMILES string of the molecule is CN(C)Cc1ccccc1-c1ccc([C@@H](Oc2cc(N3CCC4(CC3)CNC(C(=O)O)C4)nc(N)n2)C(F)(F)F)cc1. The van der Waals surface area contributed by atoms with Crippen LogP contribution in [0.1, 0.15) is 36.5 Å². The van der Waals surface area contributed by atoms with Crippen LogP contribution in [0.3, 0.4) is 0 Å². The number of benzene rings is 2. The van der Waals surface area contributed by atoms with E-state index < -0.39 is 24.3 Å². The number of nitrogens with one attached hydrogen (secondary N) is 1. The molecule has 1 spiro atoms. The minimum absolute atomic E-state index is 0.0586. The first-order chi connectivity index (χ1) is 19.9. The Labute approximate surface area is 242 Å². The fraction of sp³-hybridized carbons (Fsp3) is 0.433. The number of hydrogen-bond donors (Lipinski definition) is 3. The molecule has 0 amide bonds. The number of ether oxygens (including phenoxy) is 1. The summed E-state index contributed by atoms with van der Waals surface area (Å²) < 4.78 is 48.3. The summed E-state index contributed by atoms with van der Waals surface area (Å²) in [6.45, 7) is 2.43. The lowest BCUT2D eigenvalue weighted by Crippen LogP contribution is -2.41. The van der Waals surface area contributed by atoms with Gasteiger partial charge >= 0.3 is 12.1 Å². The summed E-state index contributed by atoms with van der Waals surface area (Å²) >= 11 is 0. The molecule has 9 nitrogen and oxygen atoms in total. The van der Waals surface area contributed by atoms with E-state index in [1.54, 1.807) is 12.1 Å². The Morgan fingerprint density at radius 1 is 1.17 bits per heavy atom. The zero-order valence-corrected chi connectivity index (χ0v) is 23.6. The molecule has 4 N–H and O–H groups in total. The van der Waals surface area contributed by atoms with Crippen molar-refractivity contribution in [2.24, 2.45) is 5.41 Å². The van der Waals surface area contributed by atoms with E-state index in [2.05, 4.69) is 15.3 Å². The zero-order chi connectivity index (χ0) is 30.1. The van der Waals surface area contributed by atoms with Gasteiger partial charge in [-0.1, -0.05) is 48.5 Å². The van der Waals surface area contributed by atoms with Gasteiger partial charge in [-0.2, -0.15) is 23.1 Å². The highest BCUT2D eigenvalue weighted by Gasteiger charge is 2.45. The number of halogens is 3. The van der Waals surface area contributed by atoms with E-state index in [0.717, 1.165) is 29.5 Å². The second kappa shape index (κ2) is 11.8. The molecule has 3 aromatic rings. The van der Waals surface area contributed by atoms with Gasteiger partial charge in [0.2, 0.25) is 17.9 Å². The van der Waals surface area contributed by atoms with Crippen molar-refractivity contribution in [1.29, 1.82) is 0 Å². The molecule has 2 aliphatic rings. The molecule has 0 aliphatic carbocycles. The minimum atomic E-state index is -4.71. The Bertz CT molecular complexity index is 1410. The summed E-state index contributed by atoms with van der Waals surface area (Å²) in [5.74, 6) is -0.941. The second-order valence-corrected chi connectivity index (χ2v) is 11.4. The van der Waals surface area contributed by atoms with Crippen molar-refractivity contribution in [3.63, 3.8) is 0 Å². The molecule has 1 unspecified atom stereocenters. The van der Waals surface area contributed by atoms with Gasteiger partial charge < -0.3 is 30.7 Å².